The van der Waals surface area contributed by atoms with Crippen LogP contribution in [0.15, 0.2) is 24.3 Å². The fraction of sp³-hybridized carbons (Fsp3) is 0.143. The summed E-state index contributed by atoms with van der Waals surface area (Å²) in [5.74, 6) is 0.246. The number of hydrogen-bond donors (Lipinski definition) is 0. The first kappa shape index (κ1) is 14.8. The first-order valence-corrected chi connectivity index (χ1v) is 6.30. The van der Waals surface area contributed by atoms with Crippen molar-refractivity contribution in [1.29, 1.82) is 5.26 Å². The summed E-state index contributed by atoms with van der Waals surface area (Å²) in [7, 11) is 0. The Morgan fingerprint density at radius 1 is 1.33 bits per heavy atom. The van der Waals surface area contributed by atoms with Gasteiger partial charge in [-0.3, -0.25) is 10.1 Å². The van der Waals surface area contributed by atoms with Gasteiger partial charge in [-0.25, -0.2) is 0 Å². The number of aryl methyl sites for hydroxylation is 2. The SMILES string of the molecule is Cc1cc(C#N)cc(C)c1Oc1nc(Cl)ccc1[N+](=O)[O-]. The molecule has 0 bridgehead atoms. The number of nitro groups is 1. The van der Waals surface area contributed by atoms with E-state index in [0.29, 0.717) is 22.4 Å². The molecular formula is C14H10ClN3O3. The van der Waals surface area contributed by atoms with E-state index in [9.17, 15) is 10.1 Å². The predicted molar refractivity (Wildman–Crippen MR) is 76.6 cm³/mol. The van der Waals surface area contributed by atoms with Crippen molar-refractivity contribution in [2.45, 2.75) is 13.8 Å². The lowest BCUT2D eigenvalue weighted by Crippen LogP contribution is -1.99. The molecule has 6 nitrogen and oxygen atoms in total. The van der Waals surface area contributed by atoms with Crippen LogP contribution in [0.4, 0.5) is 5.69 Å². The van der Waals surface area contributed by atoms with Gasteiger partial charge < -0.3 is 4.74 Å². The van der Waals surface area contributed by atoms with Crippen molar-refractivity contribution in [3.63, 3.8) is 0 Å². The maximum Gasteiger partial charge on any atom is 0.331 e. The molecule has 0 saturated carbocycles. The number of aromatic nitrogens is 1. The zero-order valence-electron chi connectivity index (χ0n) is 11.3. The Morgan fingerprint density at radius 3 is 2.48 bits per heavy atom. The molecule has 0 aliphatic carbocycles. The van der Waals surface area contributed by atoms with Gasteiger partial charge in [-0.15, -0.1) is 0 Å². The molecular weight excluding hydrogens is 294 g/mol. The molecule has 0 spiro atoms. The fourth-order valence-electron chi connectivity index (χ4n) is 1.90. The largest absolute Gasteiger partial charge is 0.433 e. The molecule has 0 unspecified atom stereocenters. The second-order valence-corrected chi connectivity index (χ2v) is 4.76. The summed E-state index contributed by atoms with van der Waals surface area (Å²) in [5, 5.41) is 20.0. The van der Waals surface area contributed by atoms with Gasteiger partial charge in [0.2, 0.25) is 0 Å². The molecule has 1 heterocycles. The van der Waals surface area contributed by atoms with Crippen molar-refractivity contribution in [3.05, 3.63) is 56.2 Å². The van der Waals surface area contributed by atoms with Crippen molar-refractivity contribution in [2.75, 3.05) is 0 Å². The standard InChI is InChI=1S/C14H10ClN3O3/c1-8-5-10(7-16)6-9(2)13(8)21-14-11(18(19)20)3-4-12(15)17-14/h3-6H,1-2H3. The Morgan fingerprint density at radius 2 is 1.95 bits per heavy atom. The number of benzene rings is 1. The molecule has 0 saturated heterocycles. The number of pyridine rings is 1. The third-order valence-corrected chi connectivity index (χ3v) is 3.00. The summed E-state index contributed by atoms with van der Waals surface area (Å²) in [4.78, 5) is 14.3. The molecule has 7 heteroatoms. The lowest BCUT2D eigenvalue weighted by atomic mass is 10.1. The summed E-state index contributed by atoms with van der Waals surface area (Å²) in [5.41, 5.74) is 1.58. The van der Waals surface area contributed by atoms with Crippen LogP contribution in [0.1, 0.15) is 16.7 Å². The molecule has 0 N–H and O–H groups in total. The molecule has 0 radical (unpaired) electrons. The minimum absolute atomic E-state index is 0.0968. The number of nitrogens with zero attached hydrogens (tertiary/aromatic N) is 3. The summed E-state index contributed by atoms with van der Waals surface area (Å²) in [6, 6.07) is 7.87. The molecule has 0 aliphatic rings. The number of ether oxygens (including phenoxy) is 1. The van der Waals surface area contributed by atoms with Gasteiger partial charge in [0.05, 0.1) is 16.6 Å². The quantitative estimate of drug-likeness (QED) is 0.487. The second-order valence-electron chi connectivity index (χ2n) is 4.37. The van der Waals surface area contributed by atoms with E-state index in [0.717, 1.165) is 0 Å². The van der Waals surface area contributed by atoms with Gasteiger partial charge >= 0.3 is 11.6 Å². The molecule has 0 amide bonds. The van der Waals surface area contributed by atoms with Gasteiger partial charge in [0.1, 0.15) is 10.9 Å². The zero-order chi connectivity index (χ0) is 15.6. The van der Waals surface area contributed by atoms with Crippen LogP contribution in [0.25, 0.3) is 0 Å². The highest BCUT2D eigenvalue weighted by Gasteiger charge is 2.20. The molecule has 0 fully saturated rings. The lowest BCUT2D eigenvalue weighted by Gasteiger charge is -2.11. The van der Waals surface area contributed by atoms with E-state index in [1.54, 1.807) is 26.0 Å². The third kappa shape index (κ3) is 3.09. The van der Waals surface area contributed by atoms with E-state index in [1.807, 2.05) is 6.07 Å². The predicted octanol–water partition coefficient (Wildman–Crippen LogP) is 3.92. The summed E-state index contributed by atoms with van der Waals surface area (Å²) in [6.07, 6.45) is 0. The van der Waals surface area contributed by atoms with E-state index >= 15 is 0 Å². The van der Waals surface area contributed by atoms with Gasteiger partial charge in [-0.2, -0.15) is 10.2 Å². The van der Waals surface area contributed by atoms with Gasteiger partial charge in [-0.05, 0) is 43.2 Å². The minimum atomic E-state index is -0.590. The third-order valence-electron chi connectivity index (χ3n) is 2.79. The van der Waals surface area contributed by atoms with Crippen LogP contribution in [-0.4, -0.2) is 9.91 Å². The highest BCUT2D eigenvalue weighted by molar-refractivity contribution is 6.29. The first-order chi connectivity index (χ1) is 9.92. The van der Waals surface area contributed by atoms with Gasteiger partial charge in [0.15, 0.2) is 0 Å². The van der Waals surface area contributed by atoms with E-state index in [-0.39, 0.29) is 16.7 Å². The Balaban J connectivity index is 2.51. The Hall–Kier alpha value is -2.65. The number of rotatable bonds is 3. The van der Waals surface area contributed by atoms with Crippen LogP contribution in [0.3, 0.4) is 0 Å². The van der Waals surface area contributed by atoms with Crippen molar-refractivity contribution in [2.24, 2.45) is 0 Å². The second kappa shape index (κ2) is 5.77. The van der Waals surface area contributed by atoms with Gasteiger partial charge in [0, 0.05) is 6.07 Å². The van der Waals surface area contributed by atoms with Gasteiger partial charge in [-0.1, -0.05) is 11.6 Å². The van der Waals surface area contributed by atoms with Gasteiger partial charge in [0.25, 0.3) is 0 Å². The number of nitriles is 1. The van der Waals surface area contributed by atoms with Crippen LogP contribution < -0.4 is 4.74 Å². The average molecular weight is 304 g/mol. The molecule has 1 aromatic heterocycles. The Kier molecular flexibility index (Phi) is 4.05. The van der Waals surface area contributed by atoms with E-state index in [2.05, 4.69) is 4.98 Å². The van der Waals surface area contributed by atoms with E-state index < -0.39 is 4.92 Å². The molecule has 2 rings (SSSR count). The summed E-state index contributed by atoms with van der Waals surface area (Å²) < 4.78 is 5.57. The first-order valence-electron chi connectivity index (χ1n) is 5.92. The zero-order valence-corrected chi connectivity index (χ0v) is 12.0. The normalized spacial score (nSPS) is 10.0. The van der Waals surface area contributed by atoms with Crippen LogP contribution in [0.5, 0.6) is 11.6 Å². The lowest BCUT2D eigenvalue weighted by molar-refractivity contribution is -0.386. The van der Waals surface area contributed by atoms with Crippen LogP contribution in [-0.2, 0) is 0 Å². The molecule has 106 valence electrons. The van der Waals surface area contributed by atoms with E-state index in [1.165, 1.54) is 12.1 Å². The number of hydrogen-bond acceptors (Lipinski definition) is 5. The Bertz CT molecular complexity index is 746. The van der Waals surface area contributed by atoms with Crippen molar-refractivity contribution in [1.82, 2.24) is 4.98 Å². The van der Waals surface area contributed by atoms with Crippen molar-refractivity contribution >= 4 is 17.3 Å². The van der Waals surface area contributed by atoms with Crippen LogP contribution in [0, 0.1) is 35.3 Å². The van der Waals surface area contributed by atoms with Crippen molar-refractivity contribution in [3.8, 4) is 17.7 Å². The molecule has 0 atom stereocenters. The molecule has 0 aliphatic heterocycles. The summed E-state index contributed by atoms with van der Waals surface area (Å²) >= 11 is 5.76. The maximum absolute atomic E-state index is 11.0. The smallest absolute Gasteiger partial charge is 0.331 e. The Labute approximate surface area is 125 Å². The summed E-state index contributed by atoms with van der Waals surface area (Å²) in [6.45, 7) is 3.50. The molecule has 2 aromatic rings. The average Bonchev–Trinajstić information content (AvgIpc) is 2.42. The monoisotopic (exact) mass is 303 g/mol. The molecule has 1 aromatic carbocycles. The number of halogens is 1. The highest BCUT2D eigenvalue weighted by Crippen LogP contribution is 2.34. The topological polar surface area (TPSA) is 89.0 Å². The highest BCUT2D eigenvalue weighted by atomic mass is 35.5. The molecule has 21 heavy (non-hydrogen) atoms. The maximum atomic E-state index is 11.0. The van der Waals surface area contributed by atoms with Crippen LogP contribution >= 0.6 is 11.6 Å². The fourth-order valence-corrected chi connectivity index (χ4v) is 2.04. The van der Waals surface area contributed by atoms with E-state index in [4.69, 9.17) is 21.6 Å². The van der Waals surface area contributed by atoms with Crippen LogP contribution in [0.2, 0.25) is 5.15 Å². The minimum Gasteiger partial charge on any atom is -0.433 e. The van der Waals surface area contributed by atoms with Crippen molar-refractivity contribution < 1.29 is 9.66 Å².